The highest BCUT2D eigenvalue weighted by molar-refractivity contribution is 7.80. The van der Waals surface area contributed by atoms with Crippen LogP contribution in [0.15, 0.2) is 36.4 Å². The first kappa shape index (κ1) is 23.2. The zero-order valence-corrected chi connectivity index (χ0v) is 19.9. The van der Waals surface area contributed by atoms with E-state index in [1.54, 1.807) is 34.5 Å². The zero-order chi connectivity index (χ0) is 23.3. The summed E-state index contributed by atoms with van der Waals surface area (Å²) in [5.41, 5.74) is 4.44. The lowest BCUT2D eigenvalue weighted by Gasteiger charge is -2.15. The second-order valence-corrected chi connectivity index (χ2v) is 7.45. The predicted molar refractivity (Wildman–Crippen MR) is 130 cm³/mol. The van der Waals surface area contributed by atoms with E-state index in [1.807, 2.05) is 48.9 Å². The summed E-state index contributed by atoms with van der Waals surface area (Å²) < 4.78 is 23.3. The number of hydrogen-bond acceptors (Lipinski definition) is 6. The zero-order valence-electron chi connectivity index (χ0n) is 19.1. The third kappa shape index (κ3) is 5.05. The number of nitrogens with one attached hydrogen (secondary N) is 2. The number of ether oxygens (including phenoxy) is 4. The van der Waals surface area contributed by atoms with Gasteiger partial charge in [-0.1, -0.05) is 6.07 Å². The summed E-state index contributed by atoms with van der Waals surface area (Å²) in [6.07, 6.45) is 0. The number of methoxy groups -OCH3 is 4. The summed E-state index contributed by atoms with van der Waals surface area (Å²) in [6.45, 7) is 4.53. The molecule has 0 spiro atoms. The number of hydrogen-bond donors (Lipinski definition) is 2. The topological polar surface area (TPSA) is 78.8 Å². The molecule has 2 N–H and O–H groups in total. The van der Waals surface area contributed by atoms with Crippen molar-refractivity contribution in [3.8, 4) is 23.0 Å². The Labute approximate surface area is 193 Å². The highest BCUT2D eigenvalue weighted by Crippen LogP contribution is 2.30. The van der Waals surface area contributed by atoms with E-state index in [4.69, 9.17) is 31.2 Å². The summed E-state index contributed by atoms with van der Waals surface area (Å²) in [7, 11) is 6.45. The fourth-order valence-corrected chi connectivity index (χ4v) is 3.56. The van der Waals surface area contributed by atoms with Crippen LogP contribution in [0.25, 0.3) is 0 Å². The van der Waals surface area contributed by atoms with Crippen molar-refractivity contribution in [2.45, 2.75) is 20.4 Å². The quantitative estimate of drug-likeness (QED) is 0.483. The molecule has 0 atom stereocenters. The van der Waals surface area contributed by atoms with Gasteiger partial charge >= 0.3 is 0 Å². The average Bonchev–Trinajstić information content (AvgIpc) is 3.06. The standard InChI is InChI=1S/C23H28N4O4S/c1-14-22(25-23(32)24-18-9-8-17(28-3)12-20(18)30-5)15(2)27(26-14)13-16-7-10-19(29-4)21(11-16)31-6/h7-12H,13H2,1-6H3,(H2,24,25,32). The van der Waals surface area contributed by atoms with E-state index in [9.17, 15) is 0 Å². The molecule has 0 amide bonds. The molecule has 0 saturated carbocycles. The van der Waals surface area contributed by atoms with Crippen molar-refractivity contribution in [1.82, 2.24) is 9.78 Å². The van der Waals surface area contributed by atoms with Crippen LogP contribution < -0.4 is 29.6 Å². The molecule has 8 nitrogen and oxygen atoms in total. The van der Waals surface area contributed by atoms with Crippen LogP contribution in [0.3, 0.4) is 0 Å². The summed E-state index contributed by atoms with van der Waals surface area (Å²) in [5.74, 6) is 2.71. The van der Waals surface area contributed by atoms with Gasteiger partial charge in [-0.15, -0.1) is 0 Å². The molecule has 0 unspecified atom stereocenters. The van der Waals surface area contributed by atoms with E-state index >= 15 is 0 Å². The van der Waals surface area contributed by atoms with Gasteiger partial charge < -0.3 is 29.6 Å². The van der Waals surface area contributed by atoms with Gasteiger partial charge in [0.25, 0.3) is 0 Å². The van der Waals surface area contributed by atoms with Crippen LogP contribution in [0.5, 0.6) is 23.0 Å². The Balaban J connectivity index is 1.76. The van der Waals surface area contributed by atoms with E-state index < -0.39 is 0 Å². The minimum absolute atomic E-state index is 0.435. The molecule has 1 aromatic heterocycles. The van der Waals surface area contributed by atoms with Crippen LogP contribution in [0.4, 0.5) is 11.4 Å². The lowest BCUT2D eigenvalue weighted by Crippen LogP contribution is -2.20. The third-order valence-electron chi connectivity index (χ3n) is 5.06. The Morgan fingerprint density at radius 1 is 0.875 bits per heavy atom. The smallest absolute Gasteiger partial charge is 0.175 e. The molecule has 0 bridgehead atoms. The Morgan fingerprint density at radius 2 is 1.59 bits per heavy atom. The Hall–Kier alpha value is -3.46. The SMILES string of the molecule is COc1ccc(NC(=S)Nc2c(C)nn(Cc3ccc(OC)c(OC)c3)c2C)c(OC)c1. The van der Waals surface area contributed by atoms with Gasteiger partial charge in [0.1, 0.15) is 11.5 Å². The summed E-state index contributed by atoms with van der Waals surface area (Å²) >= 11 is 5.53. The fourth-order valence-electron chi connectivity index (χ4n) is 3.35. The maximum absolute atomic E-state index is 5.53. The van der Waals surface area contributed by atoms with Crippen molar-refractivity contribution in [3.63, 3.8) is 0 Å². The Morgan fingerprint density at radius 3 is 2.25 bits per heavy atom. The monoisotopic (exact) mass is 456 g/mol. The first-order valence-electron chi connectivity index (χ1n) is 9.95. The van der Waals surface area contributed by atoms with Crippen molar-refractivity contribution < 1.29 is 18.9 Å². The third-order valence-corrected chi connectivity index (χ3v) is 5.26. The van der Waals surface area contributed by atoms with Crippen LogP contribution in [-0.4, -0.2) is 43.3 Å². The number of benzene rings is 2. The van der Waals surface area contributed by atoms with E-state index in [0.717, 1.165) is 28.3 Å². The highest BCUT2D eigenvalue weighted by Gasteiger charge is 2.15. The molecule has 3 aromatic rings. The fraction of sp³-hybridized carbons (Fsp3) is 0.304. The van der Waals surface area contributed by atoms with Gasteiger partial charge in [-0.05, 0) is 55.9 Å². The summed E-state index contributed by atoms with van der Waals surface area (Å²) in [5, 5.41) is 11.5. The molecule has 0 fully saturated rings. The molecule has 170 valence electrons. The summed E-state index contributed by atoms with van der Waals surface area (Å²) in [4.78, 5) is 0. The van der Waals surface area contributed by atoms with Crippen molar-refractivity contribution in [1.29, 1.82) is 0 Å². The van der Waals surface area contributed by atoms with Gasteiger partial charge in [0.15, 0.2) is 16.6 Å². The van der Waals surface area contributed by atoms with Gasteiger partial charge in [0.2, 0.25) is 0 Å². The number of rotatable bonds is 8. The van der Waals surface area contributed by atoms with E-state index in [-0.39, 0.29) is 0 Å². The highest BCUT2D eigenvalue weighted by atomic mass is 32.1. The summed E-state index contributed by atoms with van der Waals surface area (Å²) in [6, 6.07) is 11.3. The van der Waals surface area contributed by atoms with Crippen LogP contribution in [0.2, 0.25) is 0 Å². The molecule has 0 aliphatic heterocycles. The first-order valence-corrected chi connectivity index (χ1v) is 10.4. The normalized spacial score (nSPS) is 10.4. The molecule has 0 radical (unpaired) electrons. The number of thiocarbonyl (C=S) groups is 1. The van der Waals surface area contributed by atoms with E-state index in [2.05, 4.69) is 15.7 Å². The molecule has 0 aliphatic carbocycles. The van der Waals surface area contributed by atoms with Gasteiger partial charge in [0.05, 0.1) is 57.7 Å². The molecular formula is C23H28N4O4S. The van der Waals surface area contributed by atoms with Crippen LogP contribution in [0.1, 0.15) is 17.0 Å². The van der Waals surface area contributed by atoms with Gasteiger partial charge in [-0.25, -0.2) is 0 Å². The molecule has 3 rings (SSSR count). The second-order valence-electron chi connectivity index (χ2n) is 7.04. The van der Waals surface area contributed by atoms with Crippen molar-refractivity contribution in [3.05, 3.63) is 53.3 Å². The van der Waals surface area contributed by atoms with Crippen LogP contribution in [0, 0.1) is 13.8 Å². The largest absolute Gasteiger partial charge is 0.497 e. The first-order chi connectivity index (χ1) is 15.4. The van der Waals surface area contributed by atoms with Crippen molar-refractivity contribution in [2.24, 2.45) is 0 Å². The molecule has 0 saturated heterocycles. The minimum Gasteiger partial charge on any atom is -0.497 e. The van der Waals surface area contributed by atoms with E-state index in [1.165, 1.54) is 0 Å². The molecule has 0 aliphatic rings. The molecule has 2 aromatic carbocycles. The van der Waals surface area contributed by atoms with E-state index in [0.29, 0.717) is 34.7 Å². The maximum Gasteiger partial charge on any atom is 0.175 e. The number of nitrogens with zero attached hydrogens (tertiary/aromatic N) is 2. The number of anilines is 2. The molecule has 32 heavy (non-hydrogen) atoms. The lowest BCUT2D eigenvalue weighted by molar-refractivity contribution is 0.354. The van der Waals surface area contributed by atoms with Gasteiger partial charge in [0, 0.05) is 6.07 Å². The molecular weight excluding hydrogens is 428 g/mol. The lowest BCUT2D eigenvalue weighted by atomic mass is 10.2. The average molecular weight is 457 g/mol. The van der Waals surface area contributed by atoms with Crippen molar-refractivity contribution >= 4 is 28.7 Å². The van der Waals surface area contributed by atoms with Crippen LogP contribution in [-0.2, 0) is 6.54 Å². The van der Waals surface area contributed by atoms with Gasteiger partial charge in [-0.3, -0.25) is 4.68 Å². The Kier molecular flexibility index (Phi) is 7.42. The minimum atomic E-state index is 0.435. The maximum atomic E-state index is 5.53. The molecule has 9 heteroatoms. The molecule has 1 heterocycles. The number of aromatic nitrogens is 2. The van der Waals surface area contributed by atoms with Gasteiger partial charge in [-0.2, -0.15) is 5.10 Å². The second kappa shape index (κ2) is 10.2. The predicted octanol–water partition coefficient (Wildman–Crippen LogP) is 4.39. The van der Waals surface area contributed by atoms with Crippen LogP contribution >= 0.6 is 12.2 Å². The Bertz CT molecular complexity index is 1110. The van der Waals surface area contributed by atoms with Crippen molar-refractivity contribution in [2.75, 3.05) is 39.1 Å². The number of aryl methyl sites for hydroxylation is 1.